The second kappa shape index (κ2) is 5.93. The monoisotopic (exact) mass is 290 g/mol. The molecule has 20 heavy (non-hydrogen) atoms. The zero-order valence-corrected chi connectivity index (χ0v) is 11.4. The maximum atomic E-state index is 13.1. The van der Waals surface area contributed by atoms with Crippen molar-refractivity contribution in [2.24, 2.45) is 5.92 Å². The van der Waals surface area contributed by atoms with E-state index < -0.39 is 12.0 Å². The second-order valence-electron chi connectivity index (χ2n) is 5.58. The van der Waals surface area contributed by atoms with Crippen LogP contribution < -0.4 is 0 Å². The summed E-state index contributed by atoms with van der Waals surface area (Å²) in [5.74, 6) is -3.05. The third kappa shape index (κ3) is 3.58. The Labute approximate surface area is 116 Å². The van der Waals surface area contributed by atoms with Gasteiger partial charge in [-0.15, -0.1) is 0 Å². The van der Waals surface area contributed by atoms with Crippen molar-refractivity contribution in [1.29, 1.82) is 0 Å². The van der Waals surface area contributed by atoms with Crippen molar-refractivity contribution in [2.45, 2.75) is 38.0 Å². The summed E-state index contributed by atoms with van der Waals surface area (Å²) >= 11 is 0. The molecule has 0 radical (unpaired) electrons. The molecule has 0 aromatic heterocycles. The van der Waals surface area contributed by atoms with Gasteiger partial charge >= 0.3 is 6.09 Å². The van der Waals surface area contributed by atoms with Gasteiger partial charge in [-0.2, -0.15) is 0 Å². The van der Waals surface area contributed by atoms with Crippen LogP contribution in [-0.4, -0.2) is 59.0 Å². The molecule has 1 heterocycles. The molecule has 2 fully saturated rings. The van der Waals surface area contributed by atoms with E-state index in [4.69, 9.17) is 5.11 Å². The van der Waals surface area contributed by atoms with Gasteiger partial charge in [0.05, 0.1) is 0 Å². The summed E-state index contributed by atoms with van der Waals surface area (Å²) in [6.45, 7) is 1.58. The Morgan fingerprint density at radius 1 is 1.00 bits per heavy atom. The molecule has 0 aromatic rings. The molecule has 0 unspecified atom stereocenters. The van der Waals surface area contributed by atoms with Crippen molar-refractivity contribution in [3.63, 3.8) is 0 Å². The lowest BCUT2D eigenvalue weighted by Crippen LogP contribution is -2.41. The van der Waals surface area contributed by atoms with E-state index in [1.54, 1.807) is 4.90 Å². The van der Waals surface area contributed by atoms with E-state index in [0.29, 0.717) is 32.6 Å². The van der Waals surface area contributed by atoms with Gasteiger partial charge in [-0.1, -0.05) is 0 Å². The van der Waals surface area contributed by atoms with Crippen LogP contribution in [0.3, 0.4) is 0 Å². The average molecular weight is 290 g/mol. The Morgan fingerprint density at radius 2 is 1.55 bits per heavy atom. The van der Waals surface area contributed by atoms with Crippen LogP contribution >= 0.6 is 0 Å². The van der Waals surface area contributed by atoms with Crippen LogP contribution in [0.4, 0.5) is 13.6 Å². The predicted molar refractivity (Wildman–Crippen MR) is 67.7 cm³/mol. The number of amides is 2. The zero-order chi connectivity index (χ0) is 14.8. The topological polar surface area (TPSA) is 60.9 Å². The largest absolute Gasteiger partial charge is 0.465 e. The Bertz CT molecular complexity index is 380. The first-order valence-corrected chi connectivity index (χ1v) is 7.03. The van der Waals surface area contributed by atoms with Crippen LogP contribution in [0.15, 0.2) is 0 Å². The van der Waals surface area contributed by atoms with Crippen LogP contribution in [0.1, 0.15) is 32.1 Å². The van der Waals surface area contributed by atoms with Crippen molar-refractivity contribution >= 4 is 12.0 Å². The summed E-state index contributed by atoms with van der Waals surface area (Å²) in [5.41, 5.74) is 0. The highest BCUT2D eigenvalue weighted by Crippen LogP contribution is 2.36. The van der Waals surface area contributed by atoms with Crippen molar-refractivity contribution in [3.8, 4) is 0 Å². The molecule has 1 N–H and O–H groups in total. The van der Waals surface area contributed by atoms with Gasteiger partial charge in [0.2, 0.25) is 11.8 Å². The first-order chi connectivity index (χ1) is 9.39. The average Bonchev–Trinajstić information content (AvgIpc) is 2.63. The molecule has 2 aliphatic rings. The van der Waals surface area contributed by atoms with Gasteiger partial charge < -0.3 is 14.9 Å². The van der Waals surface area contributed by atoms with Crippen LogP contribution in [0, 0.1) is 5.92 Å². The lowest BCUT2D eigenvalue weighted by Gasteiger charge is -2.31. The summed E-state index contributed by atoms with van der Waals surface area (Å²) < 4.78 is 26.2. The van der Waals surface area contributed by atoms with Gasteiger partial charge in [0.15, 0.2) is 0 Å². The third-order valence-corrected chi connectivity index (χ3v) is 4.14. The summed E-state index contributed by atoms with van der Waals surface area (Å²) in [6.07, 6.45) is -0.370. The number of carboxylic acid groups (broad SMARTS) is 1. The molecule has 0 spiro atoms. The minimum Gasteiger partial charge on any atom is -0.465 e. The highest BCUT2D eigenvalue weighted by molar-refractivity contribution is 5.79. The van der Waals surface area contributed by atoms with Gasteiger partial charge in [0.1, 0.15) is 0 Å². The number of nitrogens with zero attached hydrogens (tertiary/aromatic N) is 2. The van der Waals surface area contributed by atoms with Gasteiger partial charge in [-0.05, 0) is 19.3 Å². The molecule has 1 aliphatic carbocycles. The number of halogens is 2. The Kier molecular flexibility index (Phi) is 4.45. The number of carbonyl (C=O) groups is 2. The second-order valence-corrected chi connectivity index (χ2v) is 5.58. The minimum atomic E-state index is -2.63. The SMILES string of the molecule is O=C(O)N1CCCN(C(=O)C2CCC(F)(F)CC2)CC1. The van der Waals surface area contributed by atoms with Crippen molar-refractivity contribution in [2.75, 3.05) is 26.2 Å². The fraction of sp³-hybridized carbons (Fsp3) is 0.846. The molecule has 114 valence electrons. The Morgan fingerprint density at radius 3 is 2.15 bits per heavy atom. The quantitative estimate of drug-likeness (QED) is 0.803. The van der Waals surface area contributed by atoms with Crippen molar-refractivity contribution in [1.82, 2.24) is 9.80 Å². The summed E-state index contributed by atoms with van der Waals surface area (Å²) in [4.78, 5) is 26.1. The smallest absolute Gasteiger partial charge is 0.407 e. The van der Waals surface area contributed by atoms with Crippen LogP contribution in [-0.2, 0) is 4.79 Å². The van der Waals surface area contributed by atoms with E-state index in [9.17, 15) is 18.4 Å². The summed E-state index contributed by atoms with van der Waals surface area (Å²) in [7, 11) is 0. The third-order valence-electron chi connectivity index (χ3n) is 4.14. The molecular formula is C13H20F2N2O3. The predicted octanol–water partition coefficient (Wildman–Crippen LogP) is 2.02. The standard InChI is InChI=1S/C13H20F2N2O3/c14-13(15)4-2-10(3-5-13)11(18)16-6-1-7-17(9-8-16)12(19)20/h10H,1-9H2,(H,19,20). The minimum absolute atomic E-state index is 0.0901. The van der Waals surface area contributed by atoms with Crippen LogP contribution in [0.25, 0.3) is 0 Å². The summed E-state index contributed by atoms with van der Waals surface area (Å²) in [6, 6.07) is 0. The van der Waals surface area contributed by atoms with Crippen LogP contribution in [0.2, 0.25) is 0 Å². The molecule has 1 saturated heterocycles. The maximum Gasteiger partial charge on any atom is 0.407 e. The molecule has 1 saturated carbocycles. The number of hydrogen-bond acceptors (Lipinski definition) is 2. The highest BCUT2D eigenvalue weighted by atomic mass is 19.3. The molecule has 1 aliphatic heterocycles. The molecule has 0 bridgehead atoms. The van der Waals surface area contributed by atoms with E-state index >= 15 is 0 Å². The lowest BCUT2D eigenvalue weighted by molar-refractivity contribution is -0.139. The highest BCUT2D eigenvalue weighted by Gasteiger charge is 2.38. The Balaban J connectivity index is 1.88. The van der Waals surface area contributed by atoms with Crippen LogP contribution in [0.5, 0.6) is 0 Å². The molecule has 2 rings (SSSR count). The molecule has 2 amide bonds. The summed E-state index contributed by atoms with van der Waals surface area (Å²) in [5, 5.41) is 8.93. The number of hydrogen-bond donors (Lipinski definition) is 1. The first-order valence-electron chi connectivity index (χ1n) is 7.03. The van der Waals surface area contributed by atoms with Gasteiger partial charge in [-0.3, -0.25) is 4.79 Å². The number of alkyl halides is 2. The molecule has 0 atom stereocenters. The zero-order valence-electron chi connectivity index (χ0n) is 11.4. The lowest BCUT2D eigenvalue weighted by atomic mass is 9.86. The normalized spacial score (nSPS) is 24.3. The van der Waals surface area contributed by atoms with E-state index in [1.807, 2.05) is 0 Å². The Hall–Kier alpha value is -1.40. The van der Waals surface area contributed by atoms with Gasteiger partial charge in [0, 0.05) is 44.9 Å². The van der Waals surface area contributed by atoms with E-state index in [0.717, 1.165) is 0 Å². The fourth-order valence-corrected chi connectivity index (χ4v) is 2.87. The number of rotatable bonds is 1. The molecule has 0 aromatic carbocycles. The molecular weight excluding hydrogens is 270 g/mol. The van der Waals surface area contributed by atoms with E-state index in [2.05, 4.69) is 0 Å². The van der Waals surface area contributed by atoms with Crippen molar-refractivity contribution in [3.05, 3.63) is 0 Å². The number of carbonyl (C=O) groups excluding carboxylic acids is 1. The maximum absolute atomic E-state index is 13.1. The molecule has 7 heteroatoms. The van der Waals surface area contributed by atoms with Gasteiger partial charge in [-0.25, -0.2) is 13.6 Å². The van der Waals surface area contributed by atoms with E-state index in [-0.39, 0.29) is 37.5 Å². The van der Waals surface area contributed by atoms with E-state index in [1.165, 1.54) is 4.90 Å². The fourth-order valence-electron chi connectivity index (χ4n) is 2.87. The van der Waals surface area contributed by atoms with Gasteiger partial charge in [0.25, 0.3) is 0 Å². The molecule has 5 nitrogen and oxygen atoms in total. The first kappa shape index (κ1) is 15.0. The van der Waals surface area contributed by atoms with Crippen molar-refractivity contribution < 1.29 is 23.5 Å².